The van der Waals surface area contributed by atoms with Crippen LogP contribution in [0.4, 0.5) is 0 Å². The third kappa shape index (κ3) is 2.61. The van der Waals surface area contributed by atoms with Gasteiger partial charge in [-0.1, -0.05) is 30.3 Å². The molecule has 1 saturated heterocycles. The maximum Gasteiger partial charge on any atom is 0.161 e. The van der Waals surface area contributed by atoms with Crippen molar-refractivity contribution in [1.82, 2.24) is 0 Å². The smallest absolute Gasteiger partial charge is 0.161 e. The minimum absolute atomic E-state index is 0.242. The maximum absolute atomic E-state index is 12.0. The quantitative estimate of drug-likeness (QED) is 0.774. The molecular formula is C14H14OS2. The van der Waals surface area contributed by atoms with Crippen LogP contribution in [-0.4, -0.2) is 17.3 Å². The van der Waals surface area contributed by atoms with Gasteiger partial charge in [0.2, 0.25) is 0 Å². The molecule has 1 aromatic carbocycles. The number of thioether (sulfide) groups is 2. The van der Waals surface area contributed by atoms with E-state index < -0.39 is 0 Å². The first-order chi connectivity index (χ1) is 8.34. The first-order valence-electron chi connectivity index (χ1n) is 5.90. The Labute approximate surface area is 110 Å². The summed E-state index contributed by atoms with van der Waals surface area (Å²) >= 11 is 3.63. The lowest BCUT2D eigenvalue weighted by Gasteiger charge is -1.98. The average molecular weight is 262 g/mol. The van der Waals surface area contributed by atoms with Crippen LogP contribution < -0.4 is 0 Å². The third-order valence-electron chi connectivity index (χ3n) is 3.22. The van der Waals surface area contributed by atoms with Gasteiger partial charge in [-0.3, -0.25) is 4.79 Å². The van der Waals surface area contributed by atoms with Gasteiger partial charge in [0.05, 0.1) is 0 Å². The van der Waals surface area contributed by atoms with Gasteiger partial charge in [-0.25, -0.2) is 0 Å². The summed E-state index contributed by atoms with van der Waals surface area (Å²) < 4.78 is 1.22. The molecule has 2 atom stereocenters. The summed E-state index contributed by atoms with van der Waals surface area (Å²) in [5, 5.41) is 0. The molecule has 2 aliphatic rings. The summed E-state index contributed by atoms with van der Waals surface area (Å²) in [7, 11) is 0. The normalized spacial score (nSPS) is 26.9. The number of carbonyl (C=O) groups is 1. The van der Waals surface area contributed by atoms with Crippen molar-refractivity contribution in [2.75, 3.05) is 11.5 Å². The van der Waals surface area contributed by atoms with E-state index in [9.17, 15) is 4.79 Å². The number of ketones is 1. The van der Waals surface area contributed by atoms with Crippen molar-refractivity contribution >= 4 is 29.3 Å². The second kappa shape index (κ2) is 4.91. The van der Waals surface area contributed by atoms with Crippen molar-refractivity contribution in [2.24, 2.45) is 5.92 Å². The highest BCUT2D eigenvalue weighted by Gasteiger charge is 2.42. The first-order valence-corrected chi connectivity index (χ1v) is 7.88. The molecule has 0 N–H and O–H groups in total. The second-order valence-electron chi connectivity index (χ2n) is 4.42. The average Bonchev–Trinajstić information content (AvgIpc) is 3.02. The summed E-state index contributed by atoms with van der Waals surface area (Å²) in [6.07, 6.45) is 2.90. The predicted molar refractivity (Wildman–Crippen MR) is 75.3 cm³/mol. The zero-order chi connectivity index (χ0) is 11.7. The third-order valence-corrected chi connectivity index (χ3v) is 5.80. The van der Waals surface area contributed by atoms with Gasteiger partial charge >= 0.3 is 0 Å². The summed E-state index contributed by atoms with van der Waals surface area (Å²) in [4.78, 5) is 12.0. The largest absolute Gasteiger partial charge is 0.294 e. The van der Waals surface area contributed by atoms with Crippen molar-refractivity contribution < 1.29 is 4.79 Å². The molecule has 1 aromatic rings. The summed E-state index contributed by atoms with van der Waals surface area (Å²) in [5.74, 6) is 3.34. The van der Waals surface area contributed by atoms with Gasteiger partial charge in [0.15, 0.2) is 5.78 Å². The molecule has 0 unspecified atom stereocenters. The topological polar surface area (TPSA) is 17.1 Å². The zero-order valence-electron chi connectivity index (χ0n) is 9.46. The highest BCUT2D eigenvalue weighted by molar-refractivity contribution is 8.25. The van der Waals surface area contributed by atoms with E-state index in [0.29, 0.717) is 11.7 Å². The lowest BCUT2D eigenvalue weighted by atomic mass is 10.1. The number of rotatable bonds is 3. The van der Waals surface area contributed by atoms with E-state index in [2.05, 4.69) is 24.3 Å². The van der Waals surface area contributed by atoms with Crippen molar-refractivity contribution in [3.05, 3.63) is 46.2 Å². The van der Waals surface area contributed by atoms with E-state index in [0.717, 1.165) is 17.9 Å². The van der Waals surface area contributed by atoms with Crippen molar-refractivity contribution in [1.29, 1.82) is 0 Å². The van der Waals surface area contributed by atoms with Gasteiger partial charge in [-0.2, -0.15) is 0 Å². The van der Waals surface area contributed by atoms with E-state index in [-0.39, 0.29) is 5.92 Å². The second-order valence-corrected chi connectivity index (χ2v) is 6.95. The molecule has 0 bridgehead atoms. The van der Waals surface area contributed by atoms with Crippen LogP contribution in [0.5, 0.6) is 0 Å². The van der Waals surface area contributed by atoms with Gasteiger partial charge in [0.1, 0.15) is 0 Å². The van der Waals surface area contributed by atoms with Gasteiger partial charge in [0.25, 0.3) is 0 Å². The minimum atomic E-state index is 0.242. The van der Waals surface area contributed by atoms with E-state index >= 15 is 0 Å². The van der Waals surface area contributed by atoms with Crippen molar-refractivity contribution in [3.8, 4) is 0 Å². The molecule has 0 spiro atoms. The molecule has 3 heteroatoms. The summed E-state index contributed by atoms with van der Waals surface area (Å²) in [6, 6.07) is 10.4. The Bertz CT molecular complexity index is 445. The van der Waals surface area contributed by atoms with Crippen LogP contribution >= 0.6 is 23.5 Å². The van der Waals surface area contributed by atoms with Crippen LogP contribution in [0.15, 0.2) is 40.6 Å². The van der Waals surface area contributed by atoms with Crippen molar-refractivity contribution in [3.63, 3.8) is 0 Å². The van der Waals surface area contributed by atoms with E-state index in [4.69, 9.17) is 0 Å². The molecule has 17 heavy (non-hydrogen) atoms. The van der Waals surface area contributed by atoms with Crippen LogP contribution in [0.25, 0.3) is 0 Å². The molecule has 1 aliphatic heterocycles. The Morgan fingerprint density at radius 2 is 1.88 bits per heavy atom. The Kier molecular flexibility index (Phi) is 3.30. The molecular weight excluding hydrogens is 248 g/mol. The van der Waals surface area contributed by atoms with Crippen LogP contribution in [0.2, 0.25) is 0 Å². The van der Waals surface area contributed by atoms with Crippen LogP contribution in [-0.2, 0) is 4.79 Å². The van der Waals surface area contributed by atoms with Gasteiger partial charge < -0.3 is 0 Å². The van der Waals surface area contributed by atoms with Crippen LogP contribution in [0.3, 0.4) is 0 Å². The zero-order valence-corrected chi connectivity index (χ0v) is 11.1. The SMILES string of the molecule is O=C(C=C1SCCS1)[C@H]1C[C@@H]1c1ccccc1. The highest BCUT2D eigenvalue weighted by atomic mass is 32.2. The van der Waals surface area contributed by atoms with Gasteiger partial charge in [-0.05, 0) is 17.9 Å². The molecule has 0 aromatic heterocycles. The molecule has 88 valence electrons. The maximum atomic E-state index is 12.0. The van der Waals surface area contributed by atoms with E-state index in [1.807, 2.05) is 35.7 Å². The highest BCUT2D eigenvalue weighted by Crippen LogP contribution is 2.49. The van der Waals surface area contributed by atoms with Crippen LogP contribution in [0.1, 0.15) is 17.9 Å². The molecule has 3 rings (SSSR count). The fourth-order valence-electron chi connectivity index (χ4n) is 2.21. The van der Waals surface area contributed by atoms with Crippen LogP contribution in [0, 0.1) is 5.92 Å². The standard InChI is InChI=1S/C14H14OS2/c15-13(9-14-16-6-7-17-14)12-8-11(12)10-4-2-1-3-5-10/h1-5,9,11-12H,6-8H2/t11-,12+/m1/s1. The monoisotopic (exact) mass is 262 g/mol. The molecule has 0 amide bonds. The summed E-state index contributed by atoms with van der Waals surface area (Å²) in [5.41, 5.74) is 1.32. The van der Waals surface area contributed by atoms with Gasteiger partial charge in [0, 0.05) is 27.7 Å². The number of allylic oxidation sites excluding steroid dienone is 1. The number of carbonyl (C=O) groups excluding carboxylic acids is 1. The Morgan fingerprint density at radius 3 is 2.59 bits per heavy atom. The molecule has 1 heterocycles. The Morgan fingerprint density at radius 1 is 1.18 bits per heavy atom. The molecule has 2 fully saturated rings. The predicted octanol–water partition coefficient (Wildman–Crippen LogP) is 3.68. The number of hydrogen-bond acceptors (Lipinski definition) is 3. The molecule has 1 saturated carbocycles. The van der Waals surface area contributed by atoms with E-state index in [1.54, 1.807) is 0 Å². The molecule has 1 aliphatic carbocycles. The van der Waals surface area contributed by atoms with Gasteiger partial charge in [-0.15, -0.1) is 23.5 Å². The summed E-state index contributed by atoms with van der Waals surface area (Å²) in [6.45, 7) is 0. The molecule has 1 nitrogen and oxygen atoms in total. The number of hydrogen-bond donors (Lipinski definition) is 0. The minimum Gasteiger partial charge on any atom is -0.294 e. The van der Waals surface area contributed by atoms with Crippen molar-refractivity contribution in [2.45, 2.75) is 12.3 Å². The first kappa shape index (κ1) is 11.4. The fourth-order valence-corrected chi connectivity index (χ4v) is 4.51. The van der Waals surface area contributed by atoms with E-state index in [1.165, 1.54) is 9.80 Å². The Hall–Kier alpha value is -0.670. The Balaban J connectivity index is 1.65. The lowest BCUT2D eigenvalue weighted by molar-refractivity contribution is -0.115. The molecule has 0 radical (unpaired) electrons. The lowest BCUT2D eigenvalue weighted by Crippen LogP contribution is -1.97. The fraction of sp³-hybridized carbons (Fsp3) is 0.357. The number of benzene rings is 1.